The molecule has 20 heavy (non-hydrogen) atoms. The number of carbonyl (C=O) groups is 2. The Labute approximate surface area is 119 Å². The van der Waals surface area contributed by atoms with Gasteiger partial charge in [0.2, 0.25) is 0 Å². The Balaban J connectivity index is 2.18. The molecule has 1 aliphatic rings. The molecule has 0 aromatic rings. The van der Waals surface area contributed by atoms with Gasteiger partial charge in [0, 0.05) is 19.7 Å². The Morgan fingerprint density at radius 2 is 1.95 bits per heavy atom. The van der Waals surface area contributed by atoms with E-state index in [4.69, 9.17) is 14.6 Å². The Kier molecular flexibility index (Phi) is 7.98. The van der Waals surface area contributed by atoms with Crippen LogP contribution in [0.4, 0.5) is 4.79 Å². The van der Waals surface area contributed by atoms with E-state index in [0.29, 0.717) is 39.2 Å². The quantitative estimate of drug-likeness (QED) is 0.568. The van der Waals surface area contributed by atoms with Crippen LogP contribution in [0.15, 0.2) is 0 Å². The monoisotopic (exact) mass is 288 g/mol. The van der Waals surface area contributed by atoms with Crippen molar-refractivity contribution in [3.63, 3.8) is 0 Å². The fourth-order valence-electron chi connectivity index (χ4n) is 2.30. The Morgan fingerprint density at radius 1 is 1.20 bits per heavy atom. The van der Waals surface area contributed by atoms with Gasteiger partial charge in [-0.05, 0) is 12.8 Å². The van der Waals surface area contributed by atoms with E-state index in [0.717, 1.165) is 12.8 Å². The minimum Gasteiger partial charge on any atom is -0.481 e. The molecule has 0 aliphatic heterocycles. The van der Waals surface area contributed by atoms with Gasteiger partial charge in [-0.1, -0.05) is 12.8 Å². The molecule has 0 saturated heterocycles. The molecule has 3 N–H and O–H groups in total. The first kappa shape index (κ1) is 16.7. The highest BCUT2D eigenvalue weighted by Crippen LogP contribution is 2.24. The third-order valence-corrected chi connectivity index (χ3v) is 3.36. The van der Waals surface area contributed by atoms with Gasteiger partial charge in [0.05, 0.1) is 25.7 Å². The minimum atomic E-state index is -0.835. The lowest BCUT2D eigenvalue weighted by molar-refractivity contribution is -0.143. The molecule has 1 fully saturated rings. The summed E-state index contributed by atoms with van der Waals surface area (Å²) in [5.74, 6) is -1.31. The summed E-state index contributed by atoms with van der Waals surface area (Å²) in [6.45, 7) is 1.81. The SMILES string of the molecule is COCCOCCNC(=O)NC1CCCCC1C(=O)O. The molecule has 1 aliphatic carbocycles. The van der Waals surface area contributed by atoms with Gasteiger partial charge in [-0.2, -0.15) is 0 Å². The Hall–Kier alpha value is -1.34. The summed E-state index contributed by atoms with van der Waals surface area (Å²) in [5, 5.41) is 14.5. The van der Waals surface area contributed by atoms with Crippen LogP contribution in [0.2, 0.25) is 0 Å². The number of hydrogen-bond donors (Lipinski definition) is 3. The molecular formula is C13H24N2O5. The number of methoxy groups -OCH3 is 1. The van der Waals surface area contributed by atoms with E-state index < -0.39 is 11.9 Å². The predicted octanol–water partition coefficient (Wildman–Crippen LogP) is 0.592. The second-order valence-corrected chi connectivity index (χ2v) is 4.84. The zero-order chi connectivity index (χ0) is 14.8. The number of amides is 2. The number of hydrogen-bond acceptors (Lipinski definition) is 4. The lowest BCUT2D eigenvalue weighted by Crippen LogP contribution is -2.49. The summed E-state index contributed by atoms with van der Waals surface area (Å²) in [7, 11) is 1.60. The number of ether oxygens (including phenoxy) is 2. The first-order valence-electron chi connectivity index (χ1n) is 6.99. The standard InChI is InChI=1S/C13H24N2O5/c1-19-8-9-20-7-6-14-13(18)15-11-5-3-2-4-10(11)12(16)17/h10-11H,2-9H2,1H3,(H,16,17)(H2,14,15,18). The molecule has 0 radical (unpaired) electrons. The van der Waals surface area contributed by atoms with E-state index in [1.54, 1.807) is 7.11 Å². The highest BCUT2D eigenvalue weighted by molar-refractivity contribution is 5.76. The van der Waals surface area contributed by atoms with Gasteiger partial charge in [-0.3, -0.25) is 4.79 Å². The van der Waals surface area contributed by atoms with Gasteiger partial charge in [-0.15, -0.1) is 0 Å². The van der Waals surface area contributed by atoms with Gasteiger partial charge in [0.25, 0.3) is 0 Å². The third kappa shape index (κ3) is 6.21. The fraction of sp³-hybridized carbons (Fsp3) is 0.846. The smallest absolute Gasteiger partial charge is 0.315 e. The molecular weight excluding hydrogens is 264 g/mol. The van der Waals surface area contributed by atoms with E-state index in [1.165, 1.54) is 0 Å². The maximum absolute atomic E-state index is 11.7. The topological polar surface area (TPSA) is 96.9 Å². The van der Waals surface area contributed by atoms with Crippen LogP contribution < -0.4 is 10.6 Å². The van der Waals surface area contributed by atoms with E-state index >= 15 is 0 Å². The highest BCUT2D eigenvalue weighted by Gasteiger charge is 2.31. The van der Waals surface area contributed by atoms with Crippen molar-refractivity contribution in [2.75, 3.05) is 33.5 Å². The van der Waals surface area contributed by atoms with E-state index in [2.05, 4.69) is 10.6 Å². The van der Waals surface area contributed by atoms with Crippen molar-refractivity contribution < 1.29 is 24.2 Å². The van der Waals surface area contributed by atoms with Crippen molar-refractivity contribution in [2.45, 2.75) is 31.7 Å². The van der Waals surface area contributed by atoms with Gasteiger partial charge in [-0.25, -0.2) is 4.79 Å². The number of urea groups is 1. The fourth-order valence-corrected chi connectivity index (χ4v) is 2.30. The molecule has 1 rings (SSSR count). The van der Waals surface area contributed by atoms with Crippen LogP contribution in [-0.2, 0) is 14.3 Å². The van der Waals surface area contributed by atoms with Gasteiger partial charge in [0.15, 0.2) is 0 Å². The van der Waals surface area contributed by atoms with Crippen LogP contribution in [0.3, 0.4) is 0 Å². The number of aliphatic carboxylic acids is 1. The number of carboxylic acids is 1. The molecule has 0 aromatic carbocycles. The molecule has 0 bridgehead atoms. The van der Waals surface area contributed by atoms with Crippen LogP contribution in [0.5, 0.6) is 0 Å². The minimum absolute atomic E-state index is 0.282. The van der Waals surface area contributed by atoms with Crippen LogP contribution in [0, 0.1) is 5.92 Å². The lowest BCUT2D eigenvalue weighted by Gasteiger charge is -2.29. The summed E-state index contributed by atoms with van der Waals surface area (Å²) < 4.78 is 10.0. The zero-order valence-electron chi connectivity index (χ0n) is 11.9. The van der Waals surface area contributed by atoms with Gasteiger partial charge < -0.3 is 25.2 Å². The molecule has 0 aromatic heterocycles. The zero-order valence-corrected chi connectivity index (χ0v) is 11.9. The molecule has 7 nitrogen and oxygen atoms in total. The normalized spacial score (nSPS) is 22.2. The Morgan fingerprint density at radius 3 is 2.65 bits per heavy atom. The Bertz CT molecular complexity index is 311. The molecule has 116 valence electrons. The van der Waals surface area contributed by atoms with Crippen molar-refractivity contribution in [3.05, 3.63) is 0 Å². The molecule has 1 saturated carbocycles. The first-order chi connectivity index (χ1) is 9.65. The number of rotatable bonds is 8. The molecule has 2 unspecified atom stereocenters. The second-order valence-electron chi connectivity index (χ2n) is 4.84. The van der Waals surface area contributed by atoms with E-state index in [9.17, 15) is 9.59 Å². The molecule has 2 atom stereocenters. The van der Waals surface area contributed by atoms with Crippen molar-refractivity contribution in [1.82, 2.24) is 10.6 Å². The largest absolute Gasteiger partial charge is 0.481 e. The van der Waals surface area contributed by atoms with Crippen LogP contribution in [-0.4, -0.2) is 56.6 Å². The number of carbonyl (C=O) groups excluding carboxylic acids is 1. The van der Waals surface area contributed by atoms with Gasteiger partial charge >= 0.3 is 12.0 Å². The average molecular weight is 288 g/mol. The molecule has 0 heterocycles. The summed E-state index contributed by atoms with van der Waals surface area (Å²) in [6, 6.07) is -0.617. The number of carboxylic acid groups (broad SMARTS) is 1. The maximum atomic E-state index is 11.7. The molecule has 2 amide bonds. The van der Waals surface area contributed by atoms with E-state index in [-0.39, 0.29) is 12.1 Å². The predicted molar refractivity (Wildman–Crippen MR) is 72.6 cm³/mol. The average Bonchev–Trinajstić information content (AvgIpc) is 2.43. The second kappa shape index (κ2) is 9.55. The third-order valence-electron chi connectivity index (χ3n) is 3.36. The highest BCUT2D eigenvalue weighted by atomic mass is 16.5. The first-order valence-corrected chi connectivity index (χ1v) is 6.99. The summed E-state index contributed by atoms with van der Waals surface area (Å²) in [5.41, 5.74) is 0. The lowest BCUT2D eigenvalue weighted by atomic mass is 9.84. The summed E-state index contributed by atoms with van der Waals surface area (Å²) in [6.07, 6.45) is 3.20. The van der Waals surface area contributed by atoms with Crippen LogP contribution in [0.1, 0.15) is 25.7 Å². The molecule has 0 spiro atoms. The maximum Gasteiger partial charge on any atom is 0.315 e. The van der Waals surface area contributed by atoms with E-state index in [1.807, 2.05) is 0 Å². The van der Waals surface area contributed by atoms with Crippen molar-refractivity contribution >= 4 is 12.0 Å². The van der Waals surface area contributed by atoms with Crippen LogP contribution in [0.25, 0.3) is 0 Å². The molecule has 7 heteroatoms. The number of nitrogens with one attached hydrogen (secondary N) is 2. The summed E-state index contributed by atoms with van der Waals surface area (Å²) in [4.78, 5) is 22.8. The van der Waals surface area contributed by atoms with Crippen molar-refractivity contribution in [3.8, 4) is 0 Å². The summed E-state index contributed by atoms with van der Waals surface area (Å²) >= 11 is 0. The van der Waals surface area contributed by atoms with Crippen molar-refractivity contribution in [1.29, 1.82) is 0 Å². The van der Waals surface area contributed by atoms with Crippen LogP contribution >= 0.6 is 0 Å². The van der Waals surface area contributed by atoms with Gasteiger partial charge in [0.1, 0.15) is 0 Å². The van der Waals surface area contributed by atoms with Crippen molar-refractivity contribution in [2.24, 2.45) is 5.92 Å².